The zero-order valence-electron chi connectivity index (χ0n) is 18.7. The van der Waals surface area contributed by atoms with Gasteiger partial charge < -0.3 is 9.64 Å². The molecule has 0 atom stereocenters. The molecule has 1 aromatic carbocycles. The topological polar surface area (TPSA) is 62.7 Å². The van der Waals surface area contributed by atoms with Crippen LogP contribution in [0.5, 0.6) is 0 Å². The van der Waals surface area contributed by atoms with Crippen LogP contribution in [-0.4, -0.2) is 44.9 Å². The quantitative estimate of drug-likeness (QED) is 0.390. The summed E-state index contributed by atoms with van der Waals surface area (Å²) < 4.78 is 6.14. The first kappa shape index (κ1) is 24.7. The third-order valence-corrected chi connectivity index (χ3v) is 7.76. The van der Waals surface area contributed by atoms with Gasteiger partial charge in [-0.1, -0.05) is 50.0 Å². The number of likely N-dealkylation sites (tertiary alicyclic amines) is 1. The Morgan fingerprint density at radius 3 is 2.59 bits per heavy atom. The predicted molar refractivity (Wildman–Crippen MR) is 136 cm³/mol. The Morgan fingerprint density at radius 1 is 1.28 bits per heavy atom. The second-order valence-corrected chi connectivity index (χ2v) is 10.3. The van der Waals surface area contributed by atoms with Crippen molar-refractivity contribution in [3.8, 4) is 0 Å². The molecule has 1 fully saturated rings. The highest BCUT2D eigenvalue weighted by Crippen LogP contribution is 2.29. The number of anilines is 2. The lowest BCUT2D eigenvalue weighted by Gasteiger charge is -2.31. The monoisotopic (exact) mass is 491 g/mol. The summed E-state index contributed by atoms with van der Waals surface area (Å²) in [7, 11) is 0. The number of carbonyl (C=O) groups is 2. The number of thiocarbonyl (C=S) groups is 1. The molecule has 0 spiro atoms. The van der Waals surface area contributed by atoms with Crippen molar-refractivity contribution in [2.75, 3.05) is 23.7 Å². The molecule has 32 heavy (non-hydrogen) atoms. The van der Waals surface area contributed by atoms with Crippen LogP contribution >= 0.6 is 35.3 Å². The summed E-state index contributed by atoms with van der Waals surface area (Å²) in [6.07, 6.45) is 3.21. The van der Waals surface area contributed by atoms with E-state index in [1.54, 1.807) is 4.90 Å². The summed E-state index contributed by atoms with van der Waals surface area (Å²) in [5.74, 6) is 0.479. The van der Waals surface area contributed by atoms with Gasteiger partial charge in [0.15, 0.2) is 5.13 Å². The summed E-state index contributed by atoms with van der Waals surface area (Å²) in [5.41, 5.74) is 2.59. The summed E-state index contributed by atoms with van der Waals surface area (Å²) >= 11 is 8.16. The fraction of sp³-hybridized carbons (Fsp3) is 0.478. The van der Waals surface area contributed by atoms with Crippen molar-refractivity contribution < 1.29 is 14.3 Å². The number of thiazole rings is 1. The maximum atomic E-state index is 12.3. The Bertz CT molecular complexity index is 937. The lowest BCUT2D eigenvalue weighted by atomic mass is 10.00. The van der Waals surface area contributed by atoms with E-state index in [0.717, 1.165) is 48.3 Å². The van der Waals surface area contributed by atoms with Gasteiger partial charge in [-0.2, -0.15) is 0 Å². The highest BCUT2D eigenvalue weighted by Gasteiger charge is 2.20. The zero-order valence-corrected chi connectivity index (χ0v) is 21.2. The van der Waals surface area contributed by atoms with Gasteiger partial charge in [-0.15, -0.1) is 11.3 Å². The number of amides is 1. The van der Waals surface area contributed by atoms with E-state index in [4.69, 9.17) is 17.0 Å². The Kier molecular flexibility index (Phi) is 9.07. The van der Waals surface area contributed by atoms with E-state index in [0.29, 0.717) is 10.8 Å². The van der Waals surface area contributed by atoms with Gasteiger partial charge in [0.1, 0.15) is 10.9 Å². The molecule has 1 aromatic heterocycles. The highest BCUT2D eigenvalue weighted by molar-refractivity contribution is 8.23. The van der Waals surface area contributed by atoms with E-state index >= 15 is 0 Å². The van der Waals surface area contributed by atoms with Crippen LogP contribution in [0.4, 0.5) is 10.8 Å². The summed E-state index contributed by atoms with van der Waals surface area (Å²) in [6, 6.07) is 7.86. The number of ether oxygens (including phenoxy) is 1. The van der Waals surface area contributed by atoms with E-state index in [9.17, 15) is 9.59 Å². The van der Waals surface area contributed by atoms with E-state index in [1.807, 2.05) is 29.6 Å². The van der Waals surface area contributed by atoms with E-state index < -0.39 is 0 Å². The van der Waals surface area contributed by atoms with Crippen LogP contribution in [0.2, 0.25) is 0 Å². The average Bonchev–Trinajstić information content (AvgIpc) is 3.25. The largest absolute Gasteiger partial charge is 0.459 e. The minimum absolute atomic E-state index is 0.0738. The van der Waals surface area contributed by atoms with Crippen molar-refractivity contribution >= 4 is 62.3 Å². The van der Waals surface area contributed by atoms with Gasteiger partial charge in [-0.05, 0) is 42.9 Å². The smallest absolute Gasteiger partial charge is 0.316 e. The predicted octanol–water partition coefficient (Wildman–Crippen LogP) is 5.18. The van der Waals surface area contributed by atoms with Crippen LogP contribution < -0.4 is 4.90 Å². The number of esters is 1. The van der Waals surface area contributed by atoms with Crippen LogP contribution in [0.25, 0.3) is 0 Å². The van der Waals surface area contributed by atoms with Crippen LogP contribution in [-0.2, 0) is 27.4 Å². The van der Waals surface area contributed by atoms with Crippen LogP contribution in [0.15, 0.2) is 29.6 Å². The summed E-state index contributed by atoms with van der Waals surface area (Å²) in [4.78, 5) is 32.7. The molecule has 0 N–H and O–H groups in total. The number of benzene rings is 1. The van der Waals surface area contributed by atoms with Crippen LogP contribution in [0, 0.1) is 5.92 Å². The van der Waals surface area contributed by atoms with Gasteiger partial charge in [0.25, 0.3) is 0 Å². The number of rotatable bonds is 7. The number of carbonyl (C=O) groups excluding carboxylic acids is 2. The summed E-state index contributed by atoms with van der Waals surface area (Å²) in [6.45, 7) is 7.84. The second kappa shape index (κ2) is 11.8. The third-order valence-electron chi connectivity index (χ3n) is 5.38. The van der Waals surface area contributed by atoms with Crippen molar-refractivity contribution in [3.63, 3.8) is 0 Å². The van der Waals surface area contributed by atoms with E-state index in [1.165, 1.54) is 35.6 Å². The Morgan fingerprint density at radius 2 is 1.97 bits per heavy atom. The van der Waals surface area contributed by atoms with Crippen molar-refractivity contribution in [2.45, 2.75) is 46.6 Å². The molecule has 1 aliphatic heterocycles. The van der Waals surface area contributed by atoms with Crippen molar-refractivity contribution in [1.82, 2.24) is 9.88 Å². The Balaban J connectivity index is 1.50. The zero-order chi connectivity index (χ0) is 23.1. The molecule has 2 aromatic rings. The number of aromatic nitrogens is 1. The SMILES string of the molecule is CCc1ccc(N(C(C)=O)c2nc(COC(=O)CSC(=S)N3CCC(C)CC3)cs2)cc1. The number of nitrogens with zero attached hydrogens (tertiary/aromatic N) is 3. The standard InChI is InChI=1S/C23H29N3O3S3/c1-4-18-5-7-20(8-6-18)26(17(3)27)22-24-19(14-31-22)13-29-21(28)15-32-23(30)25-11-9-16(2)10-12-25/h5-8,14,16H,4,9-13,15H2,1-3H3. The van der Waals surface area contributed by atoms with Crippen molar-refractivity contribution in [1.29, 1.82) is 0 Å². The minimum atomic E-state index is -0.323. The second-order valence-electron chi connectivity index (χ2n) is 7.88. The summed E-state index contributed by atoms with van der Waals surface area (Å²) in [5, 5.41) is 2.37. The first-order valence-electron chi connectivity index (χ1n) is 10.8. The van der Waals surface area contributed by atoms with Crippen molar-refractivity contribution in [2.24, 2.45) is 5.92 Å². The molecule has 0 saturated carbocycles. The third kappa shape index (κ3) is 6.76. The molecule has 9 heteroatoms. The molecule has 0 unspecified atom stereocenters. The fourth-order valence-corrected chi connectivity index (χ4v) is 5.29. The van der Waals surface area contributed by atoms with Gasteiger partial charge in [-0.25, -0.2) is 4.98 Å². The highest BCUT2D eigenvalue weighted by atomic mass is 32.2. The number of hydrogen-bond donors (Lipinski definition) is 0. The molecule has 2 heterocycles. The first-order valence-corrected chi connectivity index (χ1v) is 13.1. The van der Waals surface area contributed by atoms with Gasteiger partial charge in [0.2, 0.25) is 5.91 Å². The average molecular weight is 492 g/mol. The van der Waals surface area contributed by atoms with Gasteiger partial charge >= 0.3 is 5.97 Å². The minimum Gasteiger partial charge on any atom is -0.459 e. The van der Waals surface area contributed by atoms with Gasteiger partial charge in [0, 0.05) is 25.4 Å². The Labute approximate surface area is 203 Å². The molecule has 0 bridgehead atoms. The van der Waals surface area contributed by atoms with Crippen LogP contribution in [0.3, 0.4) is 0 Å². The maximum Gasteiger partial charge on any atom is 0.316 e. The first-order chi connectivity index (χ1) is 15.4. The van der Waals surface area contributed by atoms with Gasteiger partial charge in [0.05, 0.1) is 17.1 Å². The molecule has 3 rings (SSSR count). The van der Waals surface area contributed by atoms with E-state index in [-0.39, 0.29) is 24.2 Å². The molecule has 1 aliphatic rings. The number of thioether (sulfide) groups is 1. The van der Waals surface area contributed by atoms with Gasteiger partial charge in [-0.3, -0.25) is 14.5 Å². The molecule has 0 radical (unpaired) electrons. The molecular formula is C23H29N3O3S3. The molecule has 6 nitrogen and oxygen atoms in total. The molecular weight excluding hydrogens is 462 g/mol. The van der Waals surface area contributed by atoms with Crippen LogP contribution in [0.1, 0.15) is 44.9 Å². The lowest BCUT2D eigenvalue weighted by molar-refractivity contribution is -0.141. The fourth-order valence-electron chi connectivity index (χ4n) is 3.37. The molecule has 1 saturated heterocycles. The number of piperidine rings is 1. The van der Waals surface area contributed by atoms with Crippen molar-refractivity contribution in [3.05, 3.63) is 40.9 Å². The Hall–Kier alpha value is -1.97. The maximum absolute atomic E-state index is 12.3. The number of aryl methyl sites for hydroxylation is 1. The molecule has 172 valence electrons. The van der Waals surface area contributed by atoms with E-state index in [2.05, 4.69) is 23.7 Å². The molecule has 1 amide bonds. The lowest BCUT2D eigenvalue weighted by Crippen LogP contribution is -2.35. The normalized spacial score (nSPS) is 14.3. The number of hydrogen-bond acceptors (Lipinski definition) is 7. The molecule has 0 aliphatic carbocycles.